The number of hydrogen-bond acceptors (Lipinski definition) is 8. The molecule has 8 heteroatoms. The van der Waals surface area contributed by atoms with Crippen molar-refractivity contribution in [3.63, 3.8) is 0 Å². The Hall–Kier alpha value is -2.87. The molecule has 0 saturated heterocycles. The van der Waals surface area contributed by atoms with Crippen LogP contribution in [-0.2, 0) is 40.8 Å². The van der Waals surface area contributed by atoms with E-state index in [1.807, 2.05) is 6.92 Å². The lowest BCUT2D eigenvalue weighted by molar-refractivity contribution is -0.161. The van der Waals surface area contributed by atoms with Gasteiger partial charge in [0.25, 0.3) is 0 Å². The number of aliphatic hydroxyl groups is 1. The van der Waals surface area contributed by atoms with Crippen LogP contribution in [0.5, 0.6) is 5.75 Å². The Labute approximate surface area is 176 Å². The van der Waals surface area contributed by atoms with Crippen molar-refractivity contribution in [2.24, 2.45) is 5.92 Å². The maximum absolute atomic E-state index is 11.9. The van der Waals surface area contributed by atoms with Crippen molar-refractivity contribution in [3.8, 4) is 5.75 Å². The van der Waals surface area contributed by atoms with Gasteiger partial charge in [0.15, 0.2) is 5.60 Å². The second kappa shape index (κ2) is 11.3. The largest absolute Gasteiger partial charge is 0.508 e. The molecule has 0 saturated carbocycles. The lowest BCUT2D eigenvalue weighted by Crippen LogP contribution is -2.38. The highest BCUT2D eigenvalue weighted by molar-refractivity contribution is 5.87. The highest BCUT2D eigenvalue weighted by Crippen LogP contribution is 2.32. The lowest BCUT2D eigenvalue weighted by atomic mass is 9.93. The third-order valence-electron chi connectivity index (χ3n) is 4.67. The molecule has 0 heterocycles. The van der Waals surface area contributed by atoms with Crippen molar-refractivity contribution in [1.29, 1.82) is 0 Å². The number of phenols is 1. The highest BCUT2D eigenvalue weighted by atomic mass is 16.6. The molecule has 1 aromatic carbocycles. The van der Waals surface area contributed by atoms with Gasteiger partial charge in [-0.05, 0) is 31.9 Å². The van der Waals surface area contributed by atoms with Crippen molar-refractivity contribution >= 4 is 17.9 Å². The maximum Gasteiger partial charge on any atom is 0.333 e. The van der Waals surface area contributed by atoms with Crippen LogP contribution in [0.2, 0.25) is 0 Å². The number of rotatable bonds is 10. The lowest BCUT2D eigenvalue weighted by Gasteiger charge is -2.28. The predicted octanol–water partition coefficient (Wildman–Crippen LogP) is 2.74. The molecule has 0 radical (unpaired) electrons. The third kappa shape index (κ3) is 7.18. The molecule has 0 spiro atoms. The summed E-state index contributed by atoms with van der Waals surface area (Å²) in [6.45, 7) is 6.91. The van der Waals surface area contributed by atoms with E-state index in [0.29, 0.717) is 17.6 Å². The monoisotopic (exact) mass is 422 g/mol. The molecule has 2 N–H and O–H groups in total. The predicted molar refractivity (Wildman–Crippen MR) is 108 cm³/mol. The van der Waals surface area contributed by atoms with E-state index in [-0.39, 0.29) is 29.8 Å². The summed E-state index contributed by atoms with van der Waals surface area (Å²) in [4.78, 5) is 35.0. The molecule has 1 rings (SSSR count). The topological polar surface area (TPSA) is 119 Å². The number of aromatic hydroxyl groups is 1. The van der Waals surface area contributed by atoms with Gasteiger partial charge in [0.05, 0.1) is 5.92 Å². The number of allylic oxidation sites excluding steroid dienone is 1. The highest BCUT2D eigenvalue weighted by Gasteiger charge is 2.36. The second-order valence-corrected chi connectivity index (χ2v) is 7.13. The van der Waals surface area contributed by atoms with E-state index in [4.69, 9.17) is 14.2 Å². The van der Waals surface area contributed by atoms with Gasteiger partial charge in [-0.3, -0.25) is 9.59 Å². The third-order valence-corrected chi connectivity index (χ3v) is 4.67. The van der Waals surface area contributed by atoms with Gasteiger partial charge in [0.2, 0.25) is 0 Å². The van der Waals surface area contributed by atoms with Crippen LogP contribution in [0.1, 0.15) is 52.2 Å². The van der Waals surface area contributed by atoms with E-state index < -0.39 is 30.8 Å². The molecule has 0 unspecified atom stereocenters. The molecule has 0 amide bonds. The average Bonchev–Trinajstić information content (AvgIpc) is 2.72. The van der Waals surface area contributed by atoms with Gasteiger partial charge in [-0.1, -0.05) is 32.1 Å². The Kier molecular flexibility index (Phi) is 9.52. The SMILES string of the molecule is CC=C(C)C(=O)OC[C@](O)(COC(C)=O)c1ccc(COC(=O)[C@H](C)CC)cc1O. The molecule has 0 aliphatic rings. The fourth-order valence-electron chi connectivity index (χ4n) is 2.36. The van der Waals surface area contributed by atoms with E-state index >= 15 is 0 Å². The molecular weight excluding hydrogens is 392 g/mol. The van der Waals surface area contributed by atoms with Gasteiger partial charge in [-0.2, -0.15) is 0 Å². The zero-order valence-electron chi connectivity index (χ0n) is 18.1. The molecule has 2 atom stereocenters. The molecule has 0 aromatic heterocycles. The first-order chi connectivity index (χ1) is 14.0. The number of carbonyl (C=O) groups is 3. The van der Waals surface area contributed by atoms with Gasteiger partial charge in [-0.25, -0.2) is 4.79 Å². The number of hydrogen-bond donors (Lipinski definition) is 2. The molecule has 30 heavy (non-hydrogen) atoms. The maximum atomic E-state index is 11.9. The quantitative estimate of drug-likeness (QED) is 0.336. The Morgan fingerprint density at radius 2 is 1.77 bits per heavy atom. The standard InChI is InChI=1S/C22H30O8/c1-6-14(3)20(25)28-11-17-8-9-18(19(24)10-17)22(27,12-29-16(5)23)13-30-21(26)15(4)7-2/h7-10,14,24,27H,6,11-13H2,1-5H3/t14-,22-/m1/s1. The first-order valence-corrected chi connectivity index (χ1v) is 9.68. The van der Waals surface area contributed by atoms with Crippen LogP contribution in [0.4, 0.5) is 0 Å². The van der Waals surface area contributed by atoms with Gasteiger partial charge in [0, 0.05) is 18.1 Å². The molecule has 0 aliphatic heterocycles. The Morgan fingerprint density at radius 1 is 1.13 bits per heavy atom. The number of phenolic OH excluding ortho intramolecular Hbond substituents is 1. The van der Waals surface area contributed by atoms with Crippen LogP contribution in [-0.4, -0.2) is 41.3 Å². The van der Waals surface area contributed by atoms with Crippen LogP contribution < -0.4 is 0 Å². The van der Waals surface area contributed by atoms with Gasteiger partial charge < -0.3 is 24.4 Å². The summed E-state index contributed by atoms with van der Waals surface area (Å²) in [5.41, 5.74) is -1.12. The first kappa shape index (κ1) is 25.2. The molecule has 0 fully saturated rings. The van der Waals surface area contributed by atoms with E-state index in [2.05, 4.69) is 0 Å². The fourth-order valence-corrected chi connectivity index (χ4v) is 2.36. The summed E-state index contributed by atoms with van der Waals surface area (Å²) in [5, 5.41) is 21.5. The van der Waals surface area contributed by atoms with Crippen molar-refractivity contribution in [2.75, 3.05) is 13.2 Å². The van der Waals surface area contributed by atoms with Crippen LogP contribution in [0.3, 0.4) is 0 Å². The van der Waals surface area contributed by atoms with E-state index in [9.17, 15) is 24.6 Å². The minimum atomic E-state index is -1.97. The normalized spacial score (nSPS) is 14.4. The van der Waals surface area contributed by atoms with E-state index in [0.717, 1.165) is 0 Å². The van der Waals surface area contributed by atoms with E-state index in [1.165, 1.54) is 19.1 Å². The number of benzene rings is 1. The summed E-state index contributed by atoms with van der Waals surface area (Å²) in [6, 6.07) is 4.29. The molecule has 166 valence electrons. The summed E-state index contributed by atoms with van der Waals surface area (Å²) in [5.74, 6) is -2.19. The Bertz CT molecular complexity index is 798. The molecule has 0 bridgehead atoms. The smallest absolute Gasteiger partial charge is 0.333 e. The van der Waals surface area contributed by atoms with Gasteiger partial charge in [-0.15, -0.1) is 0 Å². The fraction of sp³-hybridized carbons (Fsp3) is 0.500. The van der Waals surface area contributed by atoms with Crippen molar-refractivity contribution < 1.29 is 38.8 Å². The summed E-state index contributed by atoms with van der Waals surface area (Å²) in [6.07, 6.45) is 2.21. The number of carbonyl (C=O) groups excluding carboxylic acids is 3. The van der Waals surface area contributed by atoms with Crippen LogP contribution in [0.15, 0.2) is 29.8 Å². The van der Waals surface area contributed by atoms with Crippen LogP contribution in [0, 0.1) is 5.92 Å². The van der Waals surface area contributed by atoms with Gasteiger partial charge >= 0.3 is 17.9 Å². The zero-order valence-corrected chi connectivity index (χ0v) is 18.1. The first-order valence-electron chi connectivity index (χ1n) is 9.68. The van der Waals surface area contributed by atoms with Crippen molar-refractivity contribution in [1.82, 2.24) is 0 Å². The minimum absolute atomic E-state index is 0.00619. The number of ether oxygens (including phenoxy) is 3. The molecule has 1 aromatic rings. The Morgan fingerprint density at radius 3 is 2.30 bits per heavy atom. The zero-order chi connectivity index (χ0) is 22.9. The van der Waals surface area contributed by atoms with E-state index in [1.54, 1.807) is 32.9 Å². The average molecular weight is 422 g/mol. The molecular formula is C22H30O8. The minimum Gasteiger partial charge on any atom is -0.508 e. The van der Waals surface area contributed by atoms with Gasteiger partial charge in [0.1, 0.15) is 25.6 Å². The molecule has 8 nitrogen and oxygen atoms in total. The molecule has 0 aliphatic carbocycles. The second-order valence-electron chi connectivity index (χ2n) is 7.13. The van der Waals surface area contributed by atoms with Crippen LogP contribution in [0.25, 0.3) is 0 Å². The summed E-state index contributed by atoms with van der Waals surface area (Å²) >= 11 is 0. The van der Waals surface area contributed by atoms with Crippen molar-refractivity contribution in [3.05, 3.63) is 41.0 Å². The van der Waals surface area contributed by atoms with Crippen LogP contribution >= 0.6 is 0 Å². The summed E-state index contributed by atoms with van der Waals surface area (Å²) in [7, 11) is 0. The number of esters is 3. The van der Waals surface area contributed by atoms with Crippen molar-refractivity contribution in [2.45, 2.75) is 53.2 Å². The summed E-state index contributed by atoms with van der Waals surface area (Å²) < 4.78 is 15.2. The Balaban J connectivity index is 3.04.